The van der Waals surface area contributed by atoms with Gasteiger partial charge in [0.15, 0.2) is 0 Å². The molecule has 1 aliphatic heterocycles. The van der Waals surface area contributed by atoms with Gasteiger partial charge in [-0.05, 0) is 50.0 Å². The Kier molecular flexibility index (Phi) is 4.77. The molecule has 2 rings (SSSR count). The zero-order valence-corrected chi connectivity index (χ0v) is 11.7. The number of halogens is 2. The molecule has 5 heteroatoms. The van der Waals surface area contributed by atoms with Gasteiger partial charge in [0.1, 0.15) is 5.82 Å². The third-order valence-corrected chi connectivity index (χ3v) is 3.75. The number of amides is 1. The van der Waals surface area contributed by atoms with Crippen molar-refractivity contribution in [1.82, 2.24) is 10.2 Å². The highest BCUT2D eigenvalue weighted by molar-refractivity contribution is 6.33. The lowest BCUT2D eigenvalue weighted by Crippen LogP contribution is -2.39. The molecule has 1 aromatic carbocycles. The number of nitrogens with one attached hydrogen (secondary N) is 1. The van der Waals surface area contributed by atoms with Gasteiger partial charge in [-0.2, -0.15) is 0 Å². The maximum atomic E-state index is 13.0. The van der Waals surface area contributed by atoms with Crippen LogP contribution in [0.2, 0.25) is 5.02 Å². The number of rotatable bonds is 3. The number of hydrogen-bond acceptors (Lipinski definition) is 2. The molecule has 1 aromatic rings. The summed E-state index contributed by atoms with van der Waals surface area (Å²) in [4.78, 5) is 13.9. The maximum Gasteiger partial charge on any atom is 0.255 e. The summed E-state index contributed by atoms with van der Waals surface area (Å²) < 4.78 is 13.0. The first-order valence-corrected chi connectivity index (χ1v) is 6.87. The summed E-state index contributed by atoms with van der Waals surface area (Å²) in [5.41, 5.74) is 0.356. The fourth-order valence-corrected chi connectivity index (χ4v) is 2.67. The summed E-state index contributed by atoms with van der Waals surface area (Å²) in [6, 6.07) is 3.87. The summed E-state index contributed by atoms with van der Waals surface area (Å²) in [5, 5.41) is 3.49. The molecule has 1 atom stereocenters. The second-order valence-electron chi connectivity index (χ2n) is 5.02. The molecular formula is C14H18ClFN2O. The first kappa shape index (κ1) is 14.3. The normalized spacial score (nSPS) is 19.2. The molecule has 0 saturated carbocycles. The van der Waals surface area contributed by atoms with E-state index < -0.39 is 5.82 Å². The van der Waals surface area contributed by atoms with Crippen molar-refractivity contribution in [3.63, 3.8) is 0 Å². The van der Waals surface area contributed by atoms with E-state index in [1.807, 2.05) is 0 Å². The molecule has 3 nitrogen and oxygen atoms in total. The Morgan fingerprint density at radius 1 is 1.58 bits per heavy atom. The van der Waals surface area contributed by atoms with Gasteiger partial charge in [0.2, 0.25) is 0 Å². The summed E-state index contributed by atoms with van der Waals surface area (Å²) in [6.07, 6.45) is 2.27. The van der Waals surface area contributed by atoms with Crippen molar-refractivity contribution < 1.29 is 9.18 Å². The number of hydrogen-bond donors (Lipinski definition) is 1. The topological polar surface area (TPSA) is 32.3 Å². The SMILES string of the molecule is CN(CC1CCCNC1)C(=O)c1ccc(F)cc1Cl. The molecular weight excluding hydrogens is 267 g/mol. The van der Waals surface area contributed by atoms with E-state index in [0.717, 1.165) is 25.9 Å². The van der Waals surface area contributed by atoms with E-state index in [1.165, 1.54) is 18.2 Å². The van der Waals surface area contributed by atoms with Gasteiger partial charge in [-0.3, -0.25) is 4.79 Å². The highest BCUT2D eigenvalue weighted by Crippen LogP contribution is 2.20. The van der Waals surface area contributed by atoms with Crippen LogP contribution in [0.15, 0.2) is 18.2 Å². The molecule has 1 saturated heterocycles. The smallest absolute Gasteiger partial charge is 0.255 e. The van der Waals surface area contributed by atoms with Crippen molar-refractivity contribution in [1.29, 1.82) is 0 Å². The van der Waals surface area contributed by atoms with Crippen LogP contribution in [0.3, 0.4) is 0 Å². The number of nitrogens with zero attached hydrogens (tertiary/aromatic N) is 1. The Morgan fingerprint density at radius 2 is 2.37 bits per heavy atom. The Bertz CT molecular complexity index is 461. The first-order valence-electron chi connectivity index (χ1n) is 6.49. The largest absolute Gasteiger partial charge is 0.341 e. The van der Waals surface area contributed by atoms with Crippen LogP contribution in [-0.4, -0.2) is 37.5 Å². The fourth-order valence-electron chi connectivity index (χ4n) is 2.42. The molecule has 1 fully saturated rings. The monoisotopic (exact) mass is 284 g/mol. The Hall–Kier alpha value is -1.13. The van der Waals surface area contributed by atoms with E-state index in [-0.39, 0.29) is 10.9 Å². The molecule has 0 aromatic heterocycles. The number of carbonyl (C=O) groups excluding carboxylic acids is 1. The average molecular weight is 285 g/mol. The molecule has 1 heterocycles. The molecule has 19 heavy (non-hydrogen) atoms. The van der Waals surface area contributed by atoms with Gasteiger partial charge in [-0.15, -0.1) is 0 Å². The molecule has 1 aliphatic rings. The highest BCUT2D eigenvalue weighted by atomic mass is 35.5. The Morgan fingerprint density at radius 3 is 3.00 bits per heavy atom. The van der Waals surface area contributed by atoms with E-state index >= 15 is 0 Å². The molecule has 0 spiro atoms. The molecule has 1 N–H and O–H groups in total. The van der Waals surface area contributed by atoms with E-state index in [9.17, 15) is 9.18 Å². The molecule has 0 radical (unpaired) electrons. The molecule has 104 valence electrons. The van der Waals surface area contributed by atoms with Gasteiger partial charge in [-0.25, -0.2) is 4.39 Å². The Balaban J connectivity index is 2.01. The van der Waals surface area contributed by atoms with E-state index in [2.05, 4.69) is 5.32 Å². The van der Waals surface area contributed by atoms with Crippen molar-refractivity contribution >= 4 is 17.5 Å². The molecule has 1 unspecified atom stereocenters. The molecule has 0 bridgehead atoms. The van der Waals surface area contributed by atoms with Crippen LogP contribution < -0.4 is 5.32 Å². The first-order chi connectivity index (χ1) is 9.08. The average Bonchev–Trinajstić information content (AvgIpc) is 2.39. The van der Waals surface area contributed by atoms with Gasteiger partial charge in [0.25, 0.3) is 5.91 Å². The van der Waals surface area contributed by atoms with Crippen LogP contribution in [-0.2, 0) is 0 Å². The minimum Gasteiger partial charge on any atom is -0.341 e. The van der Waals surface area contributed by atoms with Crippen molar-refractivity contribution in [2.24, 2.45) is 5.92 Å². The van der Waals surface area contributed by atoms with Crippen LogP contribution >= 0.6 is 11.6 Å². The third-order valence-electron chi connectivity index (χ3n) is 3.44. The van der Waals surface area contributed by atoms with Gasteiger partial charge in [0.05, 0.1) is 10.6 Å². The number of piperidine rings is 1. The summed E-state index contributed by atoms with van der Waals surface area (Å²) >= 11 is 5.91. The number of carbonyl (C=O) groups is 1. The Labute approximate surface area is 117 Å². The predicted molar refractivity (Wildman–Crippen MR) is 74.0 cm³/mol. The predicted octanol–water partition coefficient (Wildman–Crippen LogP) is 2.55. The fraction of sp³-hybridized carbons (Fsp3) is 0.500. The van der Waals surface area contributed by atoms with Gasteiger partial charge in [-0.1, -0.05) is 11.6 Å². The van der Waals surface area contributed by atoms with Gasteiger partial charge in [0, 0.05) is 13.6 Å². The van der Waals surface area contributed by atoms with Gasteiger partial charge >= 0.3 is 0 Å². The lowest BCUT2D eigenvalue weighted by Gasteiger charge is -2.27. The molecule has 0 aliphatic carbocycles. The number of benzene rings is 1. The standard InChI is InChI=1S/C14H18ClFN2O/c1-18(9-10-3-2-6-17-8-10)14(19)12-5-4-11(16)7-13(12)15/h4-5,7,10,17H,2-3,6,8-9H2,1H3. The van der Waals surface area contributed by atoms with E-state index in [4.69, 9.17) is 11.6 Å². The van der Waals surface area contributed by atoms with E-state index in [0.29, 0.717) is 18.0 Å². The van der Waals surface area contributed by atoms with Crippen molar-refractivity contribution in [2.75, 3.05) is 26.7 Å². The van der Waals surface area contributed by atoms with E-state index in [1.54, 1.807) is 11.9 Å². The van der Waals surface area contributed by atoms with Crippen molar-refractivity contribution in [3.05, 3.63) is 34.6 Å². The summed E-state index contributed by atoms with van der Waals surface area (Å²) in [5.74, 6) is -0.113. The molecule has 1 amide bonds. The minimum atomic E-state index is -0.430. The second kappa shape index (κ2) is 6.35. The lowest BCUT2D eigenvalue weighted by atomic mass is 9.99. The van der Waals surface area contributed by atoms with Crippen LogP contribution in [0.4, 0.5) is 4.39 Å². The van der Waals surface area contributed by atoms with Crippen LogP contribution in [0.1, 0.15) is 23.2 Å². The third kappa shape index (κ3) is 3.67. The van der Waals surface area contributed by atoms with Crippen LogP contribution in [0.5, 0.6) is 0 Å². The highest BCUT2D eigenvalue weighted by Gasteiger charge is 2.20. The lowest BCUT2D eigenvalue weighted by molar-refractivity contribution is 0.0765. The zero-order valence-electron chi connectivity index (χ0n) is 11.0. The summed E-state index contributed by atoms with van der Waals surface area (Å²) in [6.45, 7) is 2.69. The van der Waals surface area contributed by atoms with Crippen LogP contribution in [0.25, 0.3) is 0 Å². The van der Waals surface area contributed by atoms with Crippen LogP contribution in [0, 0.1) is 11.7 Å². The van der Waals surface area contributed by atoms with Crippen molar-refractivity contribution in [3.8, 4) is 0 Å². The maximum absolute atomic E-state index is 13.0. The van der Waals surface area contributed by atoms with Crippen molar-refractivity contribution in [2.45, 2.75) is 12.8 Å². The second-order valence-corrected chi connectivity index (χ2v) is 5.43. The summed E-state index contributed by atoms with van der Waals surface area (Å²) in [7, 11) is 1.76. The van der Waals surface area contributed by atoms with Gasteiger partial charge < -0.3 is 10.2 Å². The minimum absolute atomic E-state index is 0.157. The quantitative estimate of drug-likeness (QED) is 0.925. The zero-order chi connectivity index (χ0) is 13.8.